The minimum atomic E-state index is 0.581. The molecule has 2 nitrogen and oxygen atoms in total. The Morgan fingerprint density at radius 3 is 2.93 bits per heavy atom. The van der Waals surface area contributed by atoms with Gasteiger partial charge in [0.2, 0.25) is 0 Å². The Balaban J connectivity index is 2.60. The summed E-state index contributed by atoms with van der Waals surface area (Å²) in [7, 11) is 2.02. The second kappa shape index (κ2) is 6.36. The van der Waals surface area contributed by atoms with E-state index in [1.54, 1.807) is 6.20 Å². The Bertz CT molecular complexity index is 300. The van der Waals surface area contributed by atoms with Crippen LogP contribution in [0.4, 0.5) is 0 Å². The highest BCUT2D eigenvalue weighted by Gasteiger charge is 2.03. The molecule has 15 heavy (non-hydrogen) atoms. The fraction of sp³-hybridized carbons (Fsp3) is 0.462. The quantitative estimate of drug-likeness (QED) is 0.797. The molecule has 0 aliphatic carbocycles. The lowest BCUT2D eigenvalue weighted by atomic mass is 10.0. The molecule has 1 unspecified atom stereocenters. The molecule has 0 saturated heterocycles. The van der Waals surface area contributed by atoms with Crippen molar-refractivity contribution in [1.29, 1.82) is 0 Å². The van der Waals surface area contributed by atoms with Crippen LogP contribution in [-0.2, 0) is 0 Å². The lowest BCUT2D eigenvalue weighted by molar-refractivity contribution is 0.542. The molecule has 1 rings (SSSR count). The monoisotopic (exact) mass is 204 g/mol. The molecular formula is C13H20N2. The first kappa shape index (κ1) is 11.9. The molecule has 0 aromatic carbocycles. The van der Waals surface area contributed by atoms with Crippen molar-refractivity contribution >= 4 is 6.08 Å². The highest BCUT2D eigenvalue weighted by Crippen LogP contribution is 2.11. The van der Waals surface area contributed by atoms with Gasteiger partial charge in [0.15, 0.2) is 0 Å². The van der Waals surface area contributed by atoms with Crippen molar-refractivity contribution in [3.05, 3.63) is 35.7 Å². The summed E-state index contributed by atoms with van der Waals surface area (Å²) in [4.78, 5) is 4.10. The number of rotatable bonds is 5. The minimum absolute atomic E-state index is 0.581. The van der Waals surface area contributed by atoms with Crippen LogP contribution in [0.2, 0.25) is 0 Å². The van der Waals surface area contributed by atoms with E-state index in [1.165, 1.54) is 11.1 Å². The van der Waals surface area contributed by atoms with Crippen LogP contribution in [0.5, 0.6) is 0 Å². The van der Waals surface area contributed by atoms with Gasteiger partial charge < -0.3 is 5.32 Å². The second-order valence-electron chi connectivity index (χ2n) is 3.88. The Kier molecular flexibility index (Phi) is 5.05. The molecule has 0 saturated carbocycles. The van der Waals surface area contributed by atoms with Crippen LogP contribution in [0.3, 0.4) is 0 Å². The van der Waals surface area contributed by atoms with Gasteiger partial charge in [0, 0.05) is 18.4 Å². The maximum atomic E-state index is 4.10. The third kappa shape index (κ3) is 4.26. The number of nitrogens with zero attached hydrogens (tertiary/aromatic N) is 1. The average Bonchev–Trinajstić information content (AvgIpc) is 2.27. The van der Waals surface area contributed by atoms with Gasteiger partial charge >= 0.3 is 0 Å². The summed E-state index contributed by atoms with van der Waals surface area (Å²) in [6.07, 6.45) is 8.16. The van der Waals surface area contributed by atoms with Gasteiger partial charge in [0.25, 0.3) is 0 Å². The van der Waals surface area contributed by atoms with Crippen LogP contribution in [0.15, 0.2) is 30.1 Å². The van der Waals surface area contributed by atoms with Crippen LogP contribution in [0.25, 0.3) is 6.08 Å². The topological polar surface area (TPSA) is 24.9 Å². The first-order chi connectivity index (χ1) is 7.26. The number of hydrogen-bond acceptors (Lipinski definition) is 2. The van der Waals surface area contributed by atoms with Crippen LogP contribution in [-0.4, -0.2) is 18.1 Å². The summed E-state index contributed by atoms with van der Waals surface area (Å²) in [6, 6.07) is 4.63. The Labute approximate surface area is 92.4 Å². The van der Waals surface area contributed by atoms with Crippen molar-refractivity contribution < 1.29 is 0 Å². The van der Waals surface area contributed by atoms with E-state index in [-0.39, 0.29) is 0 Å². The fourth-order valence-corrected chi connectivity index (χ4v) is 1.64. The Morgan fingerprint density at radius 2 is 2.40 bits per heavy atom. The number of hydrogen-bond donors (Lipinski definition) is 1. The number of nitrogens with one attached hydrogen (secondary N) is 1. The van der Waals surface area contributed by atoms with Crippen molar-refractivity contribution in [2.75, 3.05) is 7.05 Å². The molecule has 0 spiro atoms. The third-order valence-electron chi connectivity index (χ3n) is 2.57. The van der Waals surface area contributed by atoms with E-state index in [4.69, 9.17) is 0 Å². The predicted molar refractivity (Wildman–Crippen MR) is 65.6 cm³/mol. The van der Waals surface area contributed by atoms with Gasteiger partial charge in [0.05, 0.1) is 0 Å². The summed E-state index contributed by atoms with van der Waals surface area (Å²) < 4.78 is 0. The lowest BCUT2D eigenvalue weighted by Crippen LogP contribution is -2.24. The molecular weight excluding hydrogens is 184 g/mol. The lowest BCUT2D eigenvalue weighted by Gasteiger charge is -2.13. The normalized spacial score (nSPS) is 13.9. The maximum Gasteiger partial charge on any atom is 0.0340 e. The first-order valence-electron chi connectivity index (χ1n) is 5.50. The van der Waals surface area contributed by atoms with Crippen LogP contribution in [0.1, 0.15) is 32.3 Å². The molecule has 0 aliphatic heterocycles. The predicted octanol–water partition coefficient (Wildman–Crippen LogP) is 2.87. The molecule has 1 aromatic rings. The van der Waals surface area contributed by atoms with E-state index in [0.29, 0.717) is 6.04 Å². The molecule has 1 heterocycles. The maximum absolute atomic E-state index is 4.10. The van der Waals surface area contributed by atoms with Crippen molar-refractivity contribution in [2.45, 2.75) is 32.7 Å². The van der Waals surface area contributed by atoms with E-state index in [2.05, 4.69) is 36.3 Å². The standard InChI is InChI=1S/C13H20N2/c1-4-13(14-3)9-11(2)8-12-6-5-7-15-10-12/h5-8,10,13-14H,4,9H2,1-3H3/b11-8+. The highest BCUT2D eigenvalue weighted by molar-refractivity contribution is 5.50. The zero-order chi connectivity index (χ0) is 11.1. The zero-order valence-electron chi connectivity index (χ0n) is 9.83. The molecule has 82 valence electrons. The summed E-state index contributed by atoms with van der Waals surface area (Å²) in [5, 5.41) is 3.31. The van der Waals surface area contributed by atoms with Crippen molar-refractivity contribution in [1.82, 2.24) is 10.3 Å². The van der Waals surface area contributed by atoms with Gasteiger partial charge in [-0.1, -0.05) is 24.6 Å². The molecule has 1 atom stereocenters. The smallest absolute Gasteiger partial charge is 0.0340 e. The van der Waals surface area contributed by atoms with Gasteiger partial charge in [-0.2, -0.15) is 0 Å². The minimum Gasteiger partial charge on any atom is -0.317 e. The van der Waals surface area contributed by atoms with E-state index >= 15 is 0 Å². The summed E-state index contributed by atoms with van der Waals surface area (Å²) in [6.45, 7) is 4.38. The first-order valence-corrected chi connectivity index (χ1v) is 5.50. The van der Waals surface area contributed by atoms with Crippen molar-refractivity contribution in [3.8, 4) is 0 Å². The summed E-state index contributed by atoms with van der Waals surface area (Å²) >= 11 is 0. The Morgan fingerprint density at radius 1 is 1.60 bits per heavy atom. The average molecular weight is 204 g/mol. The molecule has 0 bridgehead atoms. The van der Waals surface area contributed by atoms with Gasteiger partial charge in [0.1, 0.15) is 0 Å². The molecule has 0 radical (unpaired) electrons. The molecule has 2 heteroatoms. The molecule has 1 N–H and O–H groups in total. The number of pyridine rings is 1. The van der Waals surface area contributed by atoms with E-state index in [9.17, 15) is 0 Å². The molecule has 0 aliphatic rings. The van der Waals surface area contributed by atoms with E-state index < -0.39 is 0 Å². The second-order valence-corrected chi connectivity index (χ2v) is 3.88. The highest BCUT2D eigenvalue weighted by atomic mass is 14.9. The molecule has 0 fully saturated rings. The van der Waals surface area contributed by atoms with Gasteiger partial charge in [-0.25, -0.2) is 0 Å². The third-order valence-corrected chi connectivity index (χ3v) is 2.57. The van der Waals surface area contributed by atoms with Crippen LogP contribution in [0, 0.1) is 0 Å². The molecule has 1 aromatic heterocycles. The summed E-state index contributed by atoms with van der Waals surface area (Å²) in [5.41, 5.74) is 2.57. The van der Waals surface area contributed by atoms with E-state index in [1.807, 2.05) is 19.3 Å². The zero-order valence-corrected chi connectivity index (χ0v) is 9.83. The van der Waals surface area contributed by atoms with Crippen molar-refractivity contribution in [2.24, 2.45) is 0 Å². The molecule has 0 amide bonds. The number of aromatic nitrogens is 1. The van der Waals surface area contributed by atoms with Crippen LogP contribution >= 0.6 is 0 Å². The van der Waals surface area contributed by atoms with Crippen LogP contribution < -0.4 is 5.32 Å². The van der Waals surface area contributed by atoms with E-state index in [0.717, 1.165) is 12.8 Å². The van der Waals surface area contributed by atoms with Gasteiger partial charge in [-0.05, 0) is 38.4 Å². The van der Waals surface area contributed by atoms with Crippen molar-refractivity contribution in [3.63, 3.8) is 0 Å². The largest absolute Gasteiger partial charge is 0.317 e. The summed E-state index contributed by atoms with van der Waals surface area (Å²) in [5.74, 6) is 0. The fourth-order valence-electron chi connectivity index (χ4n) is 1.64. The van der Waals surface area contributed by atoms with Gasteiger partial charge in [-0.15, -0.1) is 0 Å². The van der Waals surface area contributed by atoms with Gasteiger partial charge in [-0.3, -0.25) is 4.98 Å². The SMILES string of the molecule is CCC(C/C(C)=C/c1cccnc1)NC. The Hall–Kier alpha value is -1.15.